The molecule has 0 fully saturated rings. The Labute approximate surface area is 95.5 Å². The Balaban J connectivity index is 2.57. The van der Waals surface area contributed by atoms with Gasteiger partial charge in [0.25, 0.3) is 0 Å². The number of carbonyl (C=O) groups is 1. The van der Waals surface area contributed by atoms with Crippen molar-refractivity contribution in [2.45, 2.75) is 20.3 Å². The van der Waals surface area contributed by atoms with Crippen molar-refractivity contribution < 1.29 is 9.90 Å². The third-order valence-electron chi connectivity index (χ3n) is 2.36. The number of urea groups is 1. The molecular formula is C12H18N2O2. The molecule has 0 aromatic heterocycles. The Hall–Kier alpha value is -1.71. The lowest BCUT2D eigenvalue weighted by Gasteiger charge is -2.24. The molecule has 4 heteroatoms. The van der Waals surface area contributed by atoms with E-state index in [0.717, 1.165) is 12.0 Å². The zero-order valence-electron chi connectivity index (χ0n) is 9.66. The number of hydrogen-bond donors (Lipinski definition) is 3. The van der Waals surface area contributed by atoms with Gasteiger partial charge in [-0.15, -0.1) is 0 Å². The van der Waals surface area contributed by atoms with Gasteiger partial charge in [-0.2, -0.15) is 0 Å². The summed E-state index contributed by atoms with van der Waals surface area (Å²) in [5.41, 5.74) is 6.09. The van der Waals surface area contributed by atoms with Crippen molar-refractivity contribution in [3.8, 4) is 5.75 Å². The third-order valence-corrected chi connectivity index (χ3v) is 2.36. The summed E-state index contributed by atoms with van der Waals surface area (Å²) in [6, 6.07) is 6.57. The van der Waals surface area contributed by atoms with E-state index in [1.165, 1.54) is 0 Å². The minimum atomic E-state index is -0.501. The number of hydrogen-bond acceptors (Lipinski definition) is 2. The fourth-order valence-corrected chi connectivity index (χ4v) is 1.56. The zero-order valence-corrected chi connectivity index (χ0v) is 9.66. The van der Waals surface area contributed by atoms with Crippen LogP contribution in [-0.2, 0) is 6.42 Å². The van der Waals surface area contributed by atoms with Gasteiger partial charge in [0.15, 0.2) is 0 Å². The van der Waals surface area contributed by atoms with Crippen LogP contribution in [0.4, 0.5) is 4.79 Å². The summed E-state index contributed by atoms with van der Waals surface area (Å²) in [5, 5.41) is 11.8. The molecule has 0 radical (unpaired) electrons. The van der Waals surface area contributed by atoms with Crippen molar-refractivity contribution in [2.75, 3.05) is 6.54 Å². The monoisotopic (exact) mass is 222 g/mol. The third kappa shape index (κ3) is 4.21. The van der Waals surface area contributed by atoms with Crippen LogP contribution in [0.15, 0.2) is 24.3 Å². The predicted molar refractivity (Wildman–Crippen MR) is 63.2 cm³/mol. The van der Waals surface area contributed by atoms with Gasteiger partial charge in [0.1, 0.15) is 5.75 Å². The number of benzene rings is 1. The summed E-state index contributed by atoms with van der Waals surface area (Å²) < 4.78 is 0. The maximum absolute atomic E-state index is 10.6. The molecule has 0 aliphatic heterocycles. The summed E-state index contributed by atoms with van der Waals surface area (Å²) >= 11 is 0. The number of nitrogens with two attached hydrogens (primary N) is 1. The largest absolute Gasteiger partial charge is 0.508 e. The second kappa shape index (κ2) is 4.88. The molecule has 0 heterocycles. The van der Waals surface area contributed by atoms with E-state index in [9.17, 15) is 4.79 Å². The van der Waals surface area contributed by atoms with Crippen molar-refractivity contribution in [3.05, 3.63) is 29.8 Å². The van der Waals surface area contributed by atoms with Crippen LogP contribution in [0.1, 0.15) is 19.4 Å². The van der Waals surface area contributed by atoms with E-state index in [0.29, 0.717) is 6.54 Å². The Morgan fingerprint density at radius 1 is 1.38 bits per heavy atom. The van der Waals surface area contributed by atoms with Gasteiger partial charge >= 0.3 is 6.03 Å². The first-order valence-corrected chi connectivity index (χ1v) is 5.20. The number of rotatable bonds is 4. The molecule has 1 rings (SSSR count). The molecule has 0 aliphatic rings. The highest BCUT2D eigenvalue weighted by atomic mass is 16.3. The lowest BCUT2D eigenvalue weighted by atomic mass is 9.86. The average molecular weight is 222 g/mol. The van der Waals surface area contributed by atoms with Gasteiger partial charge in [-0.1, -0.05) is 26.0 Å². The molecule has 88 valence electrons. The van der Waals surface area contributed by atoms with Crippen molar-refractivity contribution in [2.24, 2.45) is 11.1 Å². The summed E-state index contributed by atoms with van der Waals surface area (Å²) in [5.74, 6) is 0.261. The molecule has 1 aromatic carbocycles. The van der Waals surface area contributed by atoms with Crippen molar-refractivity contribution in [1.82, 2.24) is 5.32 Å². The molecule has 1 aromatic rings. The van der Waals surface area contributed by atoms with Crippen molar-refractivity contribution >= 4 is 6.03 Å². The summed E-state index contributed by atoms with van der Waals surface area (Å²) in [4.78, 5) is 10.6. The van der Waals surface area contributed by atoms with E-state index in [1.807, 2.05) is 12.1 Å². The Morgan fingerprint density at radius 2 is 1.94 bits per heavy atom. The Morgan fingerprint density at radius 3 is 2.44 bits per heavy atom. The maximum Gasteiger partial charge on any atom is 0.312 e. The zero-order chi connectivity index (χ0) is 12.2. The highest BCUT2D eigenvalue weighted by Crippen LogP contribution is 2.22. The number of nitrogens with one attached hydrogen (secondary N) is 1. The molecule has 4 N–H and O–H groups in total. The number of primary amides is 1. The normalized spacial score (nSPS) is 11.1. The van der Waals surface area contributed by atoms with Crippen molar-refractivity contribution in [1.29, 1.82) is 0 Å². The van der Waals surface area contributed by atoms with Gasteiger partial charge in [-0.25, -0.2) is 4.79 Å². The van der Waals surface area contributed by atoms with Gasteiger partial charge in [-0.3, -0.25) is 0 Å². The first kappa shape index (κ1) is 12.4. The lowest BCUT2D eigenvalue weighted by Crippen LogP contribution is -2.38. The molecular weight excluding hydrogens is 204 g/mol. The standard InChI is InChI=1S/C12H18N2O2/c1-12(2,8-14-11(13)16)7-9-3-5-10(15)6-4-9/h3-6,15H,7-8H2,1-2H3,(H3,13,14,16). The quantitative estimate of drug-likeness (QED) is 0.724. The SMILES string of the molecule is CC(C)(CNC(N)=O)Cc1ccc(O)cc1. The minimum absolute atomic E-state index is 0.0635. The molecule has 0 spiro atoms. The number of carbonyl (C=O) groups excluding carboxylic acids is 1. The molecule has 0 bridgehead atoms. The Bertz CT molecular complexity index is 358. The topological polar surface area (TPSA) is 75.3 Å². The van der Waals surface area contributed by atoms with Gasteiger partial charge in [0.05, 0.1) is 0 Å². The van der Waals surface area contributed by atoms with E-state index in [4.69, 9.17) is 10.8 Å². The fourth-order valence-electron chi connectivity index (χ4n) is 1.56. The van der Waals surface area contributed by atoms with Gasteiger partial charge < -0.3 is 16.2 Å². The molecule has 2 amide bonds. The van der Waals surface area contributed by atoms with Gasteiger partial charge in [0.2, 0.25) is 0 Å². The lowest BCUT2D eigenvalue weighted by molar-refractivity contribution is 0.241. The summed E-state index contributed by atoms with van der Waals surface area (Å²) in [6.07, 6.45) is 0.813. The van der Waals surface area contributed by atoms with E-state index in [-0.39, 0.29) is 11.2 Å². The number of phenolic OH excluding ortho intramolecular Hbond substituents is 1. The molecule has 0 aliphatic carbocycles. The Kier molecular flexibility index (Phi) is 3.77. The minimum Gasteiger partial charge on any atom is -0.508 e. The number of amides is 2. The molecule has 0 unspecified atom stereocenters. The molecule has 0 atom stereocenters. The van der Waals surface area contributed by atoms with E-state index >= 15 is 0 Å². The second-order valence-electron chi connectivity index (χ2n) is 4.73. The van der Waals surface area contributed by atoms with Crippen LogP contribution in [-0.4, -0.2) is 17.7 Å². The molecule has 4 nitrogen and oxygen atoms in total. The first-order valence-electron chi connectivity index (χ1n) is 5.20. The van der Waals surface area contributed by atoms with E-state index in [1.54, 1.807) is 12.1 Å². The van der Waals surface area contributed by atoms with Crippen LogP contribution in [0.3, 0.4) is 0 Å². The van der Waals surface area contributed by atoms with Crippen LogP contribution in [0.5, 0.6) is 5.75 Å². The van der Waals surface area contributed by atoms with Crippen LogP contribution >= 0.6 is 0 Å². The van der Waals surface area contributed by atoms with Crippen LogP contribution < -0.4 is 11.1 Å². The number of phenols is 1. The highest BCUT2D eigenvalue weighted by Gasteiger charge is 2.18. The maximum atomic E-state index is 10.6. The van der Waals surface area contributed by atoms with Gasteiger partial charge in [-0.05, 0) is 29.5 Å². The second-order valence-corrected chi connectivity index (χ2v) is 4.73. The molecule has 0 saturated heterocycles. The van der Waals surface area contributed by atoms with Gasteiger partial charge in [0, 0.05) is 6.54 Å². The number of aromatic hydroxyl groups is 1. The predicted octanol–water partition coefficient (Wildman–Crippen LogP) is 1.63. The smallest absolute Gasteiger partial charge is 0.312 e. The van der Waals surface area contributed by atoms with Crippen LogP contribution in [0.25, 0.3) is 0 Å². The highest BCUT2D eigenvalue weighted by molar-refractivity contribution is 5.71. The summed E-state index contributed by atoms with van der Waals surface area (Å²) in [6.45, 7) is 4.63. The average Bonchev–Trinajstić information content (AvgIpc) is 2.19. The summed E-state index contributed by atoms with van der Waals surface area (Å²) in [7, 11) is 0. The van der Waals surface area contributed by atoms with Crippen LogP contribution in [0, 0.1) is 5.41 Å². The molecule has 0 saturated carbocycles. The van der Waals surface area contributed by atoms with E-state index < -0.39 is 6.03 Å². The fraction of sp³-hybridized carbons (Fsp3) is 0.417. The first-order chi connectivity index (χ1) is 7.39. The molecule has 16 heavy (non-hydrogen) atoms. The van der Waals surface area contributed by atoms with Crippen LogP contribution in [0.2, 0.25) is 0 Å². The van der Waals surface area contributed by atoms with Crippen molar-refractivity contribution in [3.63, 3.8) is 0 Å². The van der Waals surface area contributed by atoms with E-state index in [2.05, 4.69) is 19.2 Å².